The highest BCUT2D eigenvalue weighted by atomic mass is 16.6. The first-order valence-corrected chi connectivity index (χ1v) is 19.6. The number of unbranched alkanes of at least 4 members (excludes halogenated alkanes) is 25. The van der Waals surface area contributed by atoms with E-state index in [-0.39, 0.29) is 18.5 Å². The van der Waals surface area contributed by atoms with E-state index in [9.17, 15) is 9.59 Å². The van der Waals surface area contributed by atoms with Gasteiger partial charge in [-0.05, 0) is 19.3 Å². The molecule has 0 fully saturated rings. The summed E-state index contributed by atoms with van der Waals surface area (Å²) in [5.74, 6) is -0.398. The normalized spacial score (nSPS) is 12.0. The quantitative estimate of drug-likeness (QED) is 0.0512. The Hall–Kier alpha value is -1.10. The molecular weight excluding hydrogens is 548 g/mol. The van der Waals surface area contributed by atoms with E-state index in [2.05, 4.69) is 20.8 Å². The molecule has 0 aliphatic rings. The molecule has 0 aliphatic heterocycles. The van der Waals surface area contributed by atoms with Crippen molar-refractivity contribution in [1.82, 2.24) is 0 Å². The van der Waals surface area contributed by atoms with Crippen molar-refractivity contribution in [3.63, 3.8) is 0 Å². The van der Waals surface area contributed by atoms with E-state index in [4.69, 9.17) is 14.2 Å². The lowest BCUT2D eigenvalue weighted by atomic mass is 10.0. The minimum Gasteiger partial charge on any atom is -0.462 e. The predicted molar refractivity (Wildman–Crippen MR) is 187 cm³/mol. The van der Waals surface area contributed by atoms with Crippen molar-refractivity contribution in [2.75, 3.05) is 19.8 Å². The maximum absolute atomic E-state index is 12.4. The molecule has 5 nitrogen and oxygen atoms in total. The molecule has 0 heterocycles. The van der Waals surface area contributed by atoms with Crippen LogP contribution in [0.1, 0.15) is 213 Å². The third kappa shape index (κ3) is 33.8. The van der Waals surface area contributed by atoms with Crippen LogP contribution in [-0.4, -0.2) is 37.9 Å². The van der Waals surface area contributed by atoms with Gasteiger partial charge in [0.2, 0.25) is 0 Å². The first-order chi connectivity index (χ1) is 21.6. The summed E-state index contributed by atoms with van der Waals surface area (Å²) >= 11 is 0. The Labute approximate surface area is 274 Å². The van der Waals surface area contributed by atoms with E-state index < -0.39 is 6.10 Å². The minimum atomic E-state index is -0.517. The van der Waals surface area contributed by atoms with Crippen molar-refractivity contribution < 1.29 is 23.8 Å². The van der Waals surface area contributed by atoms with Gasteiger partial charge >= 0.3 is 11.9 Å². The SMILES string of the molecule is CCCCCCCCCCCCCCCC(=O)OCC(COCCCCCCCCCCCC)OC(=O)CCCCCCC. The molecular formula is C39H76O5. The summed E-state index contributed by atoms with van der Waals surface area (Å²) in [6.45, 7) is 7.77. The zero-order chi connectivity index (χ0) is 32.2. The largest absolute Gasteiger partial charge is 0.462 e. The fraction of sp³-hybridized carbons (Fsp3) is 0.949. The van der Waals surface area contributed by atoms with Gasteiger partial charge in [0, 0.05) is 19.4 Å². The van der Waals surface area contributed by atoms with Crippen LogP contribution < -0.4 is 0 Å². The lowest BCUT2D eigenvalue weighted by Gasteiger charge is -2.18. The van der Waals surface area contributed by atoms with Crippen molar-refractivity contribution in [2.24, 2.45) is 0 Å². The Balaban J connectivity index is 4.06. The van der Waals surface area contributed by atoms with Crippen molar-refractivity contribution >= 4 is 11.9 Å². The first kappa shape index (κ1) is 42.9. The van der Waals surface area contributed by atoms with E-state index in [1.807, 2.05) is 0 Å². The van der Waals surface area contributed by atoms with Gasteiger partial charge in [-0.2, -0.15) is 0 Å². The van der Waals surface area contributed by atoms with Crippen LogP contribution in [0, 0.1) is 0 Å². The molecule has 0 N–H and O–H groups in total. The van der Waals surface area contributed by atoms with Crippen LogP contribution >= 0.6 is 0 Å². The van der Waals surface area contributed by atoms with Gasteiger partial charge < -0.3 is 14.2 Å². The van der Waals surface area contributed by atoms with Crippen LogP contribution in [0.2, 0.25) is 0 Å². The Kier molecular flexibility index (Phi) is 35.5. The molecule has 0 rings (SSSR count). The molecule has 5 heteroatoms. The van der Waals surface area contributed by atoms with Crippen molar-refractivity contribution in [3.8, 4) is 0 Å². The van der Waals surface area contributed by atoms with Gasteiger partial charge in [0.15, 0.2) is 6.10 Å². The Morgan fingerprint density at radius 3 is 1.16 bits per heavy atom. The summed E-state index contributed by atoms with van der Waals surface area (Å²) in [5, 5.41) is 0. The number of esters is 2. The average molecular weight is 625 g/mol. The van der Waals surface area contributed by atoms with Gasteiger partial charge in [0.05, 0.1) is 6.61 Å². The summed E-state index contributed by atoms with van der Waals surface area (Å²) in [5.41, 5.74) is 0. The number of ether oxygens (including phenoxy) is 3. The summed E-state index contributed by atoms with van der Waals surface area (Å²) in [7, 11) is 0. The van der Waals surface area contributed by atoms with Crippen LogP contribution in [0.15, 0.2) is 0 Å². The molecule has 0 aromatic carbocycles. The summed E-state index contributed by atoms with van der Waals surface area (Å²) in [6.07, 6.45) is 35.4. The number of carbonyl (C=O) groups is 2. The lowest BCUT2D eigenvalue weighted by molar-refractivity contribution is -0.163. The zero-order valence-corrected chi connectivity index (χ0v) is 30.0. The second kappa shape index (κ2) is 36.4. The Bertz CT molecular complexity index is 593. The second-order valence-electron chi connectivity index (χ2n) is 13.2. The molecule has 44 heavy (non-hydrogen) atoms. The molecule has 0 aromatic heterocycles. The summed E-state index contributed by atoms with van der Waals surface area (Å²) in [6, 6.07) is 0. The fourth-order valence-electron chi connectivity index (χ4n) is 5.69. The zero-order valence-electron chi connectivity index (χ0n) is 30.0. The minimum absolute atomic E-state index is 0.0941. The van der Waals surface area contributed by atoms with Crippen LogP contribution in [0.5, 0.6) is 0 Å². The molecule has 0 aromatic rings. The summed E-state index contributed by atoms with van der Waals surface area (Å²) in [4.78, 5) is 24.8. The lowest BCUT2D eigenvalue weighted by Crippen LogP contribution is -2.30. The molecule has 0 aliphatic carbocycles. The Morgan fingerprint density at radius 1 is 0.409 bits per heavy atom. The third-order valence-corrected chi connectivity index (χ3v) is 8.64. The van der Waals surface area contributed by atoms with Crippen molar-refractivity contribution in [1.29, 1.82) is 0 Å². The van der Waals surface area contributed by atoms with Gasteiger partial charge in [0.1, 0.15) is 6.61 Å². The van der Waals surface area contributed by atoms with Crippen molar-refractivity contribution in [3.05, 3.63) is 0 Å². The molecule has 0 amide bonds. The highest BCUT2D eigenvalue weighted by Gasteiger charge is 2.17. The molecule has 0 bridgehead atoms. The first-order valence-electron chi connectivity index (χ1n) is 19.6. The second-order valence-corrected chi connectivity index (χ2v) is 13.2. The highest BCUT2D eigenvalue weighted by Crippen LogP contribution is 2.14. The number of carbonyl (C=O) groups excluding carboxylic acids is 2. The van der Waals surface area contributed by atoms with E-state index >= 15 is 0 Å². The van der Waals surface area contributed by atoms with Crippen LogP contribution in [0.3, 0.4) is 0 Å². The fourth-order valence-corrected chi connectivity index (χ4v) is 5.69. The van der Waals surface area contributed by atoms with E-state index in [1.54, 1.807) is 0 Å². The molecule has 262 valence electrons. The van der Waals surface area contributed by atoms with Crippen LogP contribution in [0.25, 0.3) is 0 Å². The highest BCUT2D eigenvalue weighted by molar-refractivity contribution is 5.70. The van der Waals surface area contributed by atoms with Gasteiger partial charge in [0.25, 0.3) is 0 Å². The van der Waals surface area contributed by atoms with E-state index in [0.29, 0.717) is 26.1 Å². The smallest absolute Gasteiger partial charge is 0.306 e. The standard InChI is InChI=1S/C39H76O5/c1-4-7-10-13-15-17-19-20-21-22-24-27-29-32-38(40)43-36-37(44-39(41)33-30-26-12-9-6-3)35-42-34-31-28-25-23-18-16-14-11-8-5-2/h37H,4-36H2,1-3H3. The molecule has 0 saturated heterocycles. The molecule has 0 radical (unpaired) electrons. The van der Waals surface area contributed by atoms with E-state index in [1.165, 1.54) is 141 Å². The topological polar surface area (TPSA) is 61.8 Å². The van der Waals surface area contributed by atoms with Crippen molar-refractivity contribution in [2.45, 2.75) is 219 Å². The Morgan fingerprint density at radius 2 is 0.750 bits per heavy atom. The van der Waals surface area contributed by atoms with Gasteiger partial charge in [-0.1, -0.05) is 181 Å². The van der Waals surface area contributed by atoms with Crippen LogP contribution in [-0.2, 0) is 23.8 Å². The molecule has 0 saturated carbocycles. The third-order valence-electron chi connectivity index (χ3n) is 8.64. The van der Waals surface area contributed by atoms with E-state index in [0.717, 1.165) is 38.5 Å². The number of hydrogen-bond donors (Lipinski definition) is 0. The maximum Gasteiger partial charge on any atom is 0.306 e. The predicted octanol–water partition coefficient (Wildman–Crippen LogP) is 12.2. The molecule has 0 spiro atoms. The average Bonchev–Trinajstić information content (AvgIpc) is 3.02. The van der Waals surface area contributed by atoms with Crippen LogP contribution in [0.4, 0.5) is 0 Å². The number of rotatable bonds is 36. The van der Waals surface area contributed by atoms with Gasteiger partial charge in [-0.25, -0.2) is 0 Å². The maximum atomic E-state index is 12.4. The summed E-state index contributed by atoms with van der Waals surface area (Å²) < 4.78 is 17.1. The van der Waals surface area contributed by atoms with Gasteiger partial charge in [-0.15, -0.1) is 0 Å². The molecule has 1 atom stereocenters. The molecule has 1 unspecified atom stereocenters. The monoisotopic (exact) mass is 625 g/mol. The van der Waals surface area contributed by atoms with Gasteiger partial charge in [-0.3, -0.25) is 9.59 Å². The number of hydrogen-bond acceptors (Lipinski definition) is 5.